The fraction of sp³-hybridized carbons (Fsp3) is 0.264. The lowest BCUT2D eigenvalue weighted by atomic mass is 9.92. The Bertz CT molecular complexity index is 7830. The quantitative estimate of drug-likeness (QED) is 0.0553. The molecule has 0 bridgehead atoms. The zero-order valence-electron chi connectivity index (χ0n) is 79.5. The topological polar surface area (TPSA) is 266 Å². The highest BCUT2D eigenvalue weighted by molar-refractivity contribution is 7.12. The Hall–Kier alpha value is -12.8. The Morgan fingerprint density at radius 3 is 1.42 bits per heavy atom. The number of nitrogens with zero attached hydrogens (tertiary/aromatic N) is 16. The largest absolute Gasteiger partial charge is 0.507 e. The lowest BCUT2D eigenvalue weighted by Gasteiger charge is -2.29. The van der Waals surface area contributed by atoms with Crippen molar-refractivity contribution in [2.24, 2.45) is 0 Å². The summed E-state index contributed by atoms with van der Waals surface area (Å²) < 4.78 is 75.2. The number of para-hydroxylation sites is 1. The van der Waals surface area contributed by atoms with E-state index in [4.69, 9.17) is 79.6 Å². The van der Waals surface area contributed by atoms with Crippen LogP contribution in [0.25, 0.3) is 143 Å². The Morgan fingerprint density at radius 2 is 0.861 bits per heavy atom. The number of nitrogens with one attached hydrogen (secondary N) is 3. The molecule has 734 valence electrons. The van der Waals surface area contributed by atoms with Crippen molar-refractivity contribution in [2.45, 2.75) is 90.9 Å². The number of aryl methyl sites for hydroxylation is 1. The molecule has 10 aromatic carbocycles. The van der Waals surface area contributed by atoms with E-state index in [0.717, 1.165) is 238 Å². The normalized spacial score (nSPS) is 14.7. The average molecular weight is 2080 g/mol. The third-order valence-corrected chi connectivity index (χ3v) is 31.4. The number of nitrogens with two attached hydrogens (primary N) is 2. The number of anilines is 8. The summed E-state index contributed by atoms with van der Waals surface area (Å²) in [5, 5.41) is 53.3. The molecule has 5 saturated heterocycles. The summed E-state index contributed by atoms with van der Waals surface area (Å²) >= 11 is 36.5. The second-order valence-corrected chi connectivity index (χ2v) is 41.0. The first-order valence-corrected chi connectivity index (χ1v) is 52.6. The van der Waals surface area contributed by atoms with Gasteiger partial charge in [-0.3, -0.25) is 0 Å². The number of halogens is 9. The van der Waals surface area contributed by atoms with Crippen LogP contribution in [0, 0.1) is 30.2 Å². The zero-order chi connectivity index (χ0) is 99.5. The number of piperazine rings is 2. The minimum absolute atomic E-state index is 0.113. The first-order chi connectivity index (χ1) is 70.1. The van der Waals surface area contributed by atoms with Crippen LogP contribution in [-0.2, 0) is 6.42 Å². The van der Waals surface area contributed by atoms with Gasteiger partial charge in [0.2, 0.25) is 0 Å². The van der Waals surface area contributed by atoms with E-state index in [-0.39, 0.29) is 22.8 Å². The van der Waals surface area contributed by atoms with Gasteiger partial charge in [0.1, 0.15) is 71.8 Å². The van der Waals surface area contributed by atoms with Crippen LogP contribution in [0.1, 0.15) is 100 Å². The highest BCUT2D eigenvalue weighted by Crippen LogP contribution is 2.50. The van der Waals surface area contributed by atoms with Crippen molar-refractivity contribution >= 4 is 224 Å². The first kappa shape index (κ1) is 98.6. The fourth-order valence-electron chi connectivity index (χ4n) is 19.9. The Morgan fingerprint density at radius 1 is 0.389 bits per heavy atom. The Labute approximate surface area is 867 Å². The van der Waals surface area contributed by atoms with Crippen molar-refractivity contribution in [2.75, 3.05) is 140 Å². The molecule has 5 fully saturated rings. The number of hydrogen-bond donors (Lipinski definition) is 6. The molecule has 5 aliphatic heterocycles. The maximum Gasteiger partial charge on any atom is 0.177 e. The average Bonchev–Trinajstić information content (AvgIpc) is 1.19. The highest BCUT2D eigenvalue weighted by atomic mass is 35.5. The van der Waals surface area contributed by atoms with E-state index < -0.39 is 23.3 Å². The summed E-state index contributed by atoms with van der Waals surface area (Å²) in [4.78, 5) is 29.6. The predicted octanol–water partition coefficient (Wildman–Crippen LogP) is 27.1. The van der Waals surface area contributed by atoms with Crippen molar-refractivity contribution in [3.05, 3.63) is 271 Å². The van der Waals surface area contributed by atoms with E-state index in [1.807, 2.05) is 159 Å². The number of phenolic OH excluding ortho intramolecular Hbond substituents is 1. The number of pyridine rings is 4. The minimum Gasteiger partial charge on any atom is -0.507 e. The van der Waals surface area contributed by atoms with E-state index in [2.05, 4.69) is 116 Å². The predicted molar refractivity (Wildman–Crippen MR) is 590 cm³/mol. The number of aromatic hydroxyl groups is 1. The molecule has 19 aromatic rings. The smallest absolute Gasteiger partial charge is 0.177 e. The van der Waals surface area contributed by atoms with Gasteiger partial charge >= 0.3 is 0 Å². The number of aromatic nitrogens is 11. The van der Waals surface area contributed by atoms with Gasteiger partial charge in [0.25, 0.3) is 0 Å². The number of nitrogen functional groups attached to an aromatic ring is 2. The number of piperidine rings is 3. The Balaban J connectivity index is 0.000000110. The van der Waals surface area contributed by atoms with Gasteiger partial charge in [0.05, 0.1) is 64.4 Å². The molecule has 0 aliphatic carbocycles. The van der Waals surface area contributed by atoms with Crippen LogP contribution >= 0.6 is 92.6 Å². The summed E-state index contributed by atoms with van der Waals surface area (Å²) in [5.74, 6) is 1.38. The molecule has 0 radical (unpaired) electrons. The maximum atomic E-state index is 15.7. The van der Waals surface area contributed by atoms with Crippen LogP contribution in [0.3, 0.4) is 0 Å². The second-order valence-electron chi connectivity index (χ2n) is 36.7. The fourth-order valence-corrected chi connectivity index (χ4v) is 23.8. The van der Waals surface area contributed by atoms with Gasteiger partial charge in [-0.15, -0.1) is 15.3 Å². The molecule has 0 saturated carbocycles. The second kappa shape index (κ2) is 43.6. The molecule has 22 nitrogen and oxygen atoms in total. The van der Waals surface area contributed by atoms with E-state index >= 15 is 13.2 Å². The maximum absolute atomic E-state index is 15.7. The Kier molecular flexibility index (Phi) is 29.9. The van der Waals surface area contributed by atoms with Crippen molar-refractivity contribution in [3.8, 4) is 61.8 Å². The number of fused-ring (bicyclic) bond motifs is 8. The SMILES string of the molecule is CNc1cc2ccccc2c(-c2c(Cl)cc3c(N4CCCCC4)snc3c2F)n1.Cc1nc2c(N3CCNCC3)nnc(-c3ccccc3C(C)C)c2cc1-c1c(O)cccc1F.Clc1cc2c(Cc3ccccc3)nnc(N3CCNCC3)c2cc1Cl.Nc1cc(-c2c(Cl)cc3c(N4CCCCC4)snc3c2F)c2ccccc2n1.Nc1cc2ccccc2c(-c2c(Cl)cc3c(N4CCCCC4)snc3c2F)n1. The number of benzene rings is 10. The molecule has 8 N–H and O–H groups in total. The van der Waals surface area contributed by atoms with Crippen molar-refractivity contribution in [1.82, 2.24) is 64.1 Å². The van der Waals surface area contributed by atoms with Gasteiger partial charge in [-0.05, 0) is 205 Å². The summed E-state index contributed by atoms with van der Waals surface area (Å²) in [6.45, 7) is 19.0. The van der Waals surface area contributed by atoms with Gasteiger partial charge in [-0.25, -0.2) is 37.5 Å². The molecular weight excluding hydrogens is 1980 g/mol. The summed E-state index contributed by atoms with van der Waals surface area (Å²) in [5.41, 5.74) is 23.3. The van der Waals surface area contributed by atoms with Gasteiger partial charge in [0.15, 0.2) is 29.1 Å². The van der Waals surface area contributed by atoms with E-state index in [1.54, 1.807) is 19.2 Å². The van der Waals surface area contributed by atoms with Gasteiger partial charge in [-0.1, -0.05) is 199 Å². The summed E-state index contributed by atoms with van der Waals surface area (Å²) in [6.07, 6.45) is 11.3. The number of rotatable bonds is 14. The van der Waals surface area contributed by atoms with Crippen molar-refractivity contribution in [3.63, 3.8) is 0 Å². The van der Waals surface area contributed by atoms with Crippen LogP contribution in [0.2, 0.25) is 25.1 Å². The first-order valence-electron chi connectivity index (χ1n) is 48.4. The molecule has 0 amide bonds. The van der Waals surface area contributed by atoms with Crippen LogP contribution < -0.4 is 51.9 Å². The lowest BCUT2D eigenvalue weighted by molar-refractivity contribution is 0.472. The van der Waals surface area contributed by atoms with Gasteiger partial charge in [-0.2, -0.15) is 18.2 Å². The molecule has 9 aromatic heterocycles. The third kappa shape index (κ3) is 20.2. The summed E-state index contributed by atoms with van der Waals surface area (Å²) in [7, 11) is 1.80. The number of phenols is 1. The molecule has 0 spiro atoms. The van der Waals surface area contributed by atoms with E-state index in [0.29, 0.717) is 116 Å². The lowest BCUT2D eigenvalue weighted by Crippen LogP contribution is -2.44. The van der Waals surface area contributed by atoms with Crippen LogP contribution in [-0.4, -0.2) is 157 Å². The molecule has 144 heavy (non-hydrogen) atoms. The monoisotopic (exact) mass is 2080 g/mol. The molecule has 0 atom stereocenters. The highest BCUT2D eigenvalue weighted by Gasteiger charge is 2.32. The van der Waals surface area contributed by atoms with Crippen LogP contribution in [0.15, 0.2) is 200 Å². The van der Waals surface area contributed by atoms with Gasteiger partial charge in [0, 0.05) is 176 Å². The van der Waals surface area contributed by atoms with E-state index in [9.17, 15) is 9.50 Å². The van der Waals surface area contributed by atoms with Crippen LogP contribution in [0.4, 0.5) is 61.7 Å². The molecule has 5 aliphatic rings. The molecular formula is C110H102Cl5F4N21OS3. The molecule has 34 heteroatoms. The van der Waals surface area contributed by atoms with E-state index in [1.165, 1.54) is 77.6 Å². The summed E-state index contributed by atoms with van der Waals surface area (Å²) in [6, 6.07) is 62.4. The molecule has 0 unspecified atom stereocenters. The third-order valence-electron chi connectivity index (χ3n) is 27.1. The van der Waals surface area contributed by atoms with Crippen molar-refractivity contribution < 1.29 is 22.7 Å². The van der Waals surface area contributed by atoms with Crippen molar-refractivity contribution in [1.29, 1.82) is 0 Å². The molecule has 14 heterocycles. The zero-order valence-corrected chi connectivity index (χ0v) is 85.7. The van der Waals surface area contributed by atoms with Gasteiger partial charge < -0.3 is 57.0 Å². The standard InChI is InChI=1S/C27H28FN5O.C22H20ClFN4S.2C21H18ClFN4S.C19H18Cl2N4/c1-16(2)18-7-4-5-8-19(18)25-21-15-20(24-22(28)9-6-10-23(24)34)17(3)30-26(21)27(32-31-25)33-13-11-29-12-14-33;1-25-17-11-13-7-3-4-8-14(13)20(26-17)18-16(23)12-15-21(19(18)24)27-29-22(15)28-9-5-2-6-10-28;22-15-10-14-20(26-28-21(14)27-8-4-1-5-9-27)19(23)18(15)13-11-17(24)25-16-7-3-2-6-12(13)16;22-15-11-14-20(26-28-21(14)27-8-4-1-5-9-27)18(23)17(15)19-13-7-3-2-6-12(13)10-16(24)25-19;20-16-11-14-15(12-17(16)21)19(25-8-6-22-7-9-25)24-23-18(14)10-13-4-2-1-3-5-13/h4-10,15-16,29,34H,11-14H2,1-3H3;3-4,7-8,11-12H,2,5-6,9-10H2,1H3,(H,25,26);2*2-3,6-7,10-11H,1,4-5,8-9H2,(H2,24,25);1-5,11-12,22H,6-10H2. The van der Waals surface area contributed by atoms with Crippen LogP contribution in [0.5, 0.6) is 5.75 Å². The number of hydrogen-bond acceptors (Lipinski definition) is 25. The minimum atomic E-state index is -0.488. The molecule has 24 rings (SSSR count).